The molecule has 3 rings (SSSR count). The minimum Gasteiger partial charge on any atom is -0.479 e. The highest BCUT2D eigenvalue weighted by Crippen LogP contribution is 2.34. The van der Waals surface area contributed by atoms with Crippen LogP contribution in [0.5, 0.6) is 0 Å². The molecule has 13 unspecified atom stereocenters. The third kappa shape index (κ3) is 8.77. The van der Waals surface area contributed by atoms with Gasteiger partial charge in [-0.1, -0.05) is 26.2 Å². The quantitative estimate of drug-likeness (QED) is 0.188. The number of carbonyl (C=O) groups is 1. The first-order valence-electron chi connectivity index (χ1n) is 14.4. The van der Waals surface area contributed by atoms with E-state index in [0.29, 0.717) is 25.9 Å². The second kappa shape index (κ2) is 16.0. The maximum atomic E-state index is 11.8. The first-order chi connectivity index (χ1) is 19.1. The van der Waals surface area contributed by atoms with Gasteiger partial charge in [0.2, 0.25) is 0 Å². The Hall–Kier alpha value is -0.970. The Morgan fingerprint density at radius 2 is 1.70 bits per heavy atom. The van der Waals surface area contributed by atoms with Crippen molar-refractivity contribution in [2.75, 3.05) is 19.8 Å². The van der Waals surface area contributed by atoms with Crippen molar-refractivity contribution in [2.45, 2.75) is 139 Å². The van der Waals surface area contributed by atoms with Crippen molar-refractivity contribution in [1.29, 1.82) is 0 Å². The SMILES string of the molecule is CC(CO)OC(OC1CCCC(C)C1OC1OC(C)C(O)C(O)C1O)C1OCCCCCC(C(=O)O)OC1CO. The Labute approximate surface area is 235 Å². The summed E-state index contributed by atoms with van der Waals surface area (Å²) in [4.78, 5) is 11.8. The molecule has 13 atom stereocenters. The summed E-state index contributed by atoms with van der Waals surface area (Å²) in [5, 5.41) is 60.5. The lowest BCUT2D eigenvalue weighted by molar-refractivity contribution is -0.333. The van der Waals surface area contributed by atoms with E-state index in [2.05, 4.69) is 0 Å². The summed E-state index contributed by atoms with van der Waals surface area (Å²) in [6.07, 6.45) is -8.03. The smallest absolute Gasteiger partial charge is 0.332 e. The molecule has 13 heteroatoms. The minimum atomic E-state index is -1.48. The topological polar surface area (TPSA) is 194 Å². The molecule has 1 saturated carbocycles. The largest absolute Gasteiger partial charge is 0.479 e. The van der Waals surface area contributed by atoms with Gasteiger partial charge in [0.15, 0.2) is 18.7 Å². The molecule has 2 heterocycles. The van der Waals surface area contributed by atoms with Crippen LogP contribution in [0.2, 0.25) is 0 Å². The summed E-state index contributed by atoms with van der Waals surface area (Å²) in [5.41, 5.74) is 0. The van der Waals surface area contributed by atoms with E-state index in [0.717, 1.165) is 19.3 Å². The zero-order valence-corrected chi connectivity index (χ0v) is 23.6. The van der Waals surface area contributed by atoms with Crippen LogP contribution in [-0.4, -0.2) is 130 Å². The third-order valence-electron chi connectivity index (χ3n) is 7.96. The molecule has 0 aromatic carbocycles. The molecular weight excluding hydrogens is 532 g/mol. The average Bonchev–Trinajstić information content (AvgIpc) is 2.93. The normalized spacial score (nSPS) is 41.6. The molecule has 0 aromatic rings. The van der Waals surface area contributed by atoms with Crippen LogP contribution in [-0.2, 0) is 33.2 Å². The number of hydrogen-bond acceptors (Lipinski definition) is 12. The fourth-order valence-corrected chi connectivity index (χ4v) is 5.49. The Morgan fingerprint density at radius 3 is 2.38 bits per heavy atom. The lowest BCUT2D eigenvalue weighted by Crippen LogP contribution is -2.59. The number of ether oxygens (including phenoxy) is 6. The van der Waals surface area contributed by atoms with Crippen molar-refractivity contribution >= 4 is 5.97 Å². The molecule has 13 nitrogen and oxygen atoms in total. The van der Waals surface area contributed by atoms with Crippen molar-refractivity contribution in [3.8, 4) is 0 Å². The maximum absolute atomic E-state index is 11.8. The monoisotopic (exact) mass is 580 g/mol. The Kier molecular flexibility index (Phi) is 13.4. The highest BCUT2D eigenvalue weighted by Gasteiger charge is 2.47. The van der Waals surface area contributed by atoms with Gasteiger partial charge in [-0.25, -0.2) is 4.79 Å². The van der Waals surface area contributed by atoms with Gasteiger partial charge >= 0.3 is 5.97 Å². The van der Waals surface area contributed by atoms with E-state index in [1.807, 2.05) is 6.92 Å². The van der Waals surface area contributed by atoms with Crippen LogP contribution in [0.4, 0.5) is 0 Å². The summed E-state index contributed by atoms with van der Waals surface area (Å²) in [6.45, 7) is 4.62. The predicted molar refractivity (Wildman–Crippen MR) is 138 cm³/mol. The number of aliphatic hydroxyl groups excluding tert-OH is 5. The fraction of sp³-hybridized carbons (Fsp3) is 0.963. The maximum Gasteiger partial charge on any atom is 0.332 e. The zero-order valence-electron chi connectivity index (χ0n) is 23.6. The highest BCUT2D eigenvalue weighted by atomic mass is 16.7. The molecule has 1 aliphatic carbocycles. The van der Waals surface area contributed by atoms with Crippen LogP contribution in [0.3, 0.4) is 0 Å². The first kappa shape index (κ1) is 33.5. The molecule has 0 aromatic heterocycles. The molecule has 234 valence electrons. The molecule has 0 spiro atoms. The van der Waals surface area contributed by atoms with E-state index >= 15 is 0 Å². The van der Waals surface area contributed by atoms with Crippen LogP contribution in [0.15, 0.2) is 0 Å². The highest BCUT2D eigenvalue weighted by molar-refractivity contribution is 5.72. The van der Waals surface area contributed by atoms with Gasteiger partial charge in [0.05, 0.1) is 37.6 Å². The molecule has 0 bridgehead atoms. The van der Waals surface area contributed by atoms with Gasteiger partial charge in [-0.05, 0) is 45.4 Å². The van der Waals surface area contributed by atoms with Crippen LogP contribution in [0.1, 0.15) is 65.7 Å². The van der Waals surface area contributed by atoms with E-state index in [1.54, 1.807) is 13.8 Å². The lowest BCUT2D eigenvalue weighted by atomic mass is 9.85. The van der Waals surface area contributed by atoms with E-state index in [4.69, 9.17) is 28.4 Å². The second-order valence-corrected chi connectivity index (χ2v) is 11.2. The van der Waals surface area contributed by atoms with Gasteiger partial charge in [-0.2, -0.15) is 0 Å². The average molecular weight is 581 g/mol. The number of hydrogen-bond donors (Lipinski definition) is 6. The van der Waals surface area contributed by atoms with Crippen LogP contribution in [0, 0.1) is 5.92 Å². The molecule has 40 heavy (non-hydrogen) atoms. The van der Waals surface area contributed by atoms with E-state index in [-0.39, 0.29) is 18.9 Å². The zero-order chi connectivity index (χ0) is 29.4. The van der Waals surface area contributed by atoms with Gasteiger partial charge in [0.1, 0.15) is 30.5 Å². The summed E-state index contributed by atoms with van der Waals surface area (Å²) in [6, 6.07) is 0. The van der Waals surface area contributed by atoms with Crippen LogP contribution in [0.25, 0.3) is 0 Å². The summed E-state index contributed by atoms with van der Waals surface area (Å²) < 4.78 is 36.3. The molecule has 3 fully saturated rings. The molecule has 6 N–H and O–H groups in total. The number of aliphatic carboxylic acids is 1. The molecule has 2 aliphatic heterocycles. The molecule has 2 saturated heterocycles. The summed E-state index contributed by atoms with van der Waals surface area (Å²) in [7, 11) is 0. The van der Waals surface area contributed by atoms with Gasteiger partial charge in [-0.15, -0.1) is 0 Å². The van der Waals surface area contributed by atoms with E-state index in [1.165, 1.54) is 0 Å². The predicted octanol–water partition coefficient (Wildman–Crippen LogP) is -0.0823. The van der Waals surface area contributed by atoms with Gasteiger partial charge in [-0.3, -0.25) is 0 Å². The molecule has 0 radical (unpaired) electrons. The van der Waals surface area contributed by atoms with Crippen molar-refractivity contribution in [2.24, 2.45) is 5.92 Å². The van der Waals surface area contributed by atoms with E-state index in [9.17, 15) is 35.4 Å². The lowest BCUT2D eigenvalue weighted by Gasteiger charge is -2.45. The summed E-state index contributed by atoms with van der Waals surface area (Å²) >= 11 is 0. The van der Waals surface area contributed by atoms with Crippen molar-refractivity contribution in [3.05, 3.63) is 0 Å². The standard InChI is InChI=1S/C27H48O13/c1-14-8-7-10-17(23(14)40-26-22(32)21(31)20(30)16(3)37-26)39-27(36-15(2)12-28)24-19(13-29)38-18(25(33)34)9-5-4-6-11-35-24/h14-24,26-32H,4-13H2,1-3H3,(H,33,34). The number of carboxylic acid groups (broad SMARTS) is 1. The van der Waals surface area contributed by atoms with Crippen molar-refractivity contribution in [1.82, 2.24) is 0 Å². The number of carboxylic acids is 1. The molecule has 0 amide bonds. The molecular formula is C27H48O13. The Balaban J connectivity index is 1.85. The molecule has 3 aliphatic rings. The van der Waals surface area contributed by atoms with Gasteiger partial charge in [0.25, 0.3) is 0 Å². The fourth-order valence-electron chi connectivity index (χ4n) is 5.49. The van der Waals surface area contributed by atoms with Gasteiger partial charge in [0, 0.05) is 6.61 Å². The summed E-state index contributed by atoms with van der Waals surface area (Å²) in [5.74, 6) is -1.18. The Morgan fingerprint density at radius 1 is 0.950 bits per heavy atom. The second-order valence-electron chi connectivity index (χ2n) is 11.2. The van der Waals surface area contributed by atoms with Crippen molar-refractivity contribution in [3.63, 3.8) is 0 Å². The first-order valence-corrected chi connectivity index (χ1v) is 14.4. The van der Waals surface area contributed by atoms with Gasteiger partial charge < -0.3 is 59.1 Å². The van der Waals surface area contributed by atoms with Crippen LogP contribution < -0.4 is 0 Å². The van der Waals surface area contributed by atoms with E-state index < -0.39 is 86.2 Å². The Bertz CT molecular complexity index is 756. The number of rotatable bonds is 10. The minimum absolute atomic E-state index is 0.0454. The third-order valence-corrected chi connectivity index (χ3v) is 7.96. The van der Waals surface area contributed by atoms with Crippen molar-refractivity contribution < 1.29 is 63.9 Å². The number of aliphatic hydroxyl groups is 5. The van der Waals surface area contributed by atoms with Crippen LogP contribution >= 0.6 is 0 Å².